The van der Waals surface area contributed by atoms with Gasteiger partial charge in [-0.3, -0.25) is 4.79 Å². The van der Waals surface area contributed by atoms with Gasteiger partial charge in [-0.15, -0.1) is 11.3 Å². The highest BCUT2D eigenvalue weighted by molar-refractivity contribution is 7.13. The van der Waals surface area contributed by atoms with Crippen molar-refractivity contribution in [2.75, 3.05) is 0 Å². The highest BCUT2D eigenvalue weighted by atomic mass is 32.1. The number of thiazole rings is 1. The van der Waals surface area contributed by atoms with Crippen molar-refractivity contribution in [3.05, 3.63) is 57.0 Å². The molecule has 0 fully saturated rings. The van der Waals surface area contributed by atoms with E-state index in [0.717, 1.165) is 16.9 Å². The van der Waals surface area contributed by atoms with Crippen LogP contribution in [0.3, 0.4) is 0 Å². The van der Waals surface area contributed by atoms with Crippen molar-refractivity contribution < 1.29 is 14.7 Å². The number of aromatic nitrogens is 1. The van der Waals surface area contributed by atoms with Gasteiger partial charge in [0.15, 0.2) is 0 Å². The third kappa shape index (κ3) is 5.26. The zero-order chi connectivity index (χ0) is 19.3. The second kappa shape index (κ2) is 8.76. The third-order valence-corrected chi connectivity index (χ3v) is 5.30. The first-order valence-corrected chi connectivity index (χ1v) is 9.36. The van der Waals surface area contributed by atoms with Gasteiger partial charge in [0.25, 0.3) is 0 Å². The van der Waals surface area contributed by atoms with E-state index in [1.54, 1.807) is 13.8 Å². The van der Waals surface area contributed by atoms with Crippen molar-refractivity contribution in [2.24, 2.45) is 0 Å². The first-order chi connectivity index (χ1) is 12.3. The standard InChI is InChI=1S/C20H24N2O3S/c1-12(2)16-10-8-15(9-11-16)6-5-7-17(23)21-14(4)19-22-13(3)18(26-19)20(24)25/h5-6,8-12,14H,7H2,1-4H3,(H,21,23)(H,24,25)/b6-5+. The summed E-state index contributed by atoms with van der Waals surface area (Å²) in [6, 6.07) is 7.95. The average Bonchev–Trinajstić information content (AvgIpc) is 2.97. The number of carbonyl (C=O) groups is 2. The van der Waals surface area contributed by atoms with E-state index in [0.29, 0.717) is 16.6 Å². The lowest BCUT2D eigenvalue weighted by molar-refractivity contribution is -0.120. The normalized spacial score (nSPS) is 12.5. The molecule has 0 bridgehead atoms. The van der Waals surface area contributed by atoms with Gasteiger partial charge in [-0.25, -0.2) is 9.78 Å². The Balaban J connectivity index is 1.89. The molecule has 1 unspecified atom stereocenters. The molecular formula is C20H24N2O3S. The number of nitrogens with one attached hydrogen (secondary N) is 1. The van der Waals surface area contributed by atoms with Crippen LogP contribution in [0.1, 0.15) is 70.7 Å². The number of hydrogen-bond acceptors (Lipinski definition) is 4. The minimum Gasteiger partial charge on any atom is -0.477 e. The minimum absolute atomic E-state index is 0.128. The molecule has 2 N–H and O–H groups in total. The number of hydrogen-bond donors (Lipinski definition) is 2. The molecule has 0 saturated carbocycles. The van der Waals surface area contributed by atoms with Gasteiger partial charge >= 0.3 is 5.97 Å². The molecule has 1 amide bonds. The summed E-state index contributed by atoms with van der Waals surface area (Å²) in [5, 5.41) is 12.5. The molecule has 0 aliphatic rings. The molecule has 26 heavy (non-hydrogen) atoms. The molecule has 2 aromatic rings. The fourth-order valence-corrected chi connectivity index (χ4v) is 3.37. The van der Waals surface area contributed by atoms with Crippen LogP contribution in [0.25, 0.3) is 6.08 Å². The number of nitrogens with zero attached hydrogens (tertiary/aromatic N) is 1. The minimum atomic E-state index is -0.990. The van der Waals surface area contributed by atoms with Crippen LogP contribution < -0.4 is 5.32 Å². The Morgan fingerprint density at radius 2 is 1.88 bits per heavy atom. The number of benzene rings is 1. The monoisotopic (exact) mass is 372 g/mol. The number of rotatable bonds is 7. The van der Waals surface area contributed by atoms with Crippen molar-refractivity contribution in [1.82, 2.24) is 10.3 Å². The Morgan fingerprint density at radius 1 is 1.23 bits per heavy atom. The maximum Gasteiger partial charge on any atom is 0.347 e. The maximum absolute atomic E-state index is 12.1. The van der Waals surface area contributed by atoms with Gasteiger partial charge in [-0.2, -0.15) is 0 Å². The Labute approximate surface area is 157 Å². The molecular weight excluding hydrogens is 348 g/mol. The van der Waals surface area contributed by atoms with Gasteiger partial charge in [-0.1, -0.05) is 50.3 Å². The highest BCUT2D eigenvalue weighted by Crippen LogP contribution is 2.23. The van der Waals surface area contributed by atoms with Crippen LogP contribution in [0.4, 0.5) is 0 Å². The van der Waals surface area contributed by atoms with Gasteiger partial charge in [0.05, 0.1) is 11.7 Å². The molecule has 5 nitrogen and oxygen atoms in total. The van der Waals surface area contributed by atoms with Gasteiger partial charge in [-0.05, 0) is 30.9 Å². The van der Waals surface area contributed by atoms with Crippen molar-refractivity contribution in [1.29, 1.82) is 0 Å². The molecule has 1 aromatic carbocycles. The van der Waals surface area contributed by atoms with Gasteiger partial charge in [0, 0.05) is 6.42 Å². The van der Waals surface area contributed by atoms with Crippen LogP contribution in [-0.4, -0.2) is 22.0 Å². The van der Waals surface area contributed by atoms with Crippen LogP contribution in [0.5, 0.6) is 0 Å². The highest BCUT2D eigenvalue weighted by Gasteiger charge is 2.18. The Morgan fingerprint density at radius 3 is 2.42 bits per heavy atom. The lowest BCUT2D eigenvalue weighted by Crippen LogP contribution is -2.25. The van der Waals surface area contributed by atoms with E-state index in [1.807, 2.05) is 24.3 Å². The van der Waals surface area contributed by atoms with Gasteiger partial charge < -0.3 is 10.4 Å². The molecule has 1 aromatic heterocycles. The second-order valence-corrected chi connectivity index (χ2v) is 7.52. The molecule has 1 atom stereocenters. The summed E-state index contributed by atoms with van der Waals surface area (Å²) in [7, 11) is 0. The number of carbonyl (C=O) groups excluding carboxylic acids is 1. The van der Waals surface area contributed by atoms with Crippen molar-refractivity contribution >= 4 is 29.3 Å². The number of aryl methyl sites for hydroxylation is 1. The van der Waals surface area contributed by atoms with E-state index >= 15 is 0 Å². The number of amides is 1. The SMILES string of the molecule is Cc1nc(C(C)NC(=O)C/C=C/c2ccc(C(C)C)cc2)sc1C(=O)O. The molecule has 0 spiro atoms. The lowest BCUT2D eigenvalue weighted by Gasteiger charge is -2.10. The summed E-state index contributed by atoms with van der Waals surface area (Å²) in [5.41, 5.74) is 2.81. The Kier molecular flexibility index (Phi) is 6.69. The van der Waals surface area contributed by atoms with E-state index in [9.17, 15) is 9.59 Å². The smallest absolute Gasteiger partial charge is 0.347 e. The second-order valence-electron chi connectivity index (χ2n) is 6.49. The predicted molar refractivity (Wildman–Crippen MR) is 105 cm³/mol. The van der Waals surface area contributed by atoms with E-state index in [1.165, 1.54) is 5.56 Å². The maximum atomic E-state index is 12.1. The van der Waals surface area contributed by atoms with Crippen LogP contribution in [0, 0.1) is 6.92 Å². The fraction of sp³-hybridized carbons (Fsp3) is 0.350. The van der Waals surface area contributed by atoms with Gasteiger partial charge in [0.2, 0.25) is 5.91 Å². The fourth-order valence-electron chi connectivity index (χ4n) is 2.46. The summed E-state index contributed by atoms with van der Waals surface area (Å²) < 4.78 is 0. The summed E-state index contributed by atoms with van der Waals surface area (Å²) in [4.78, 5) is 27.6. The van der Waals surface area contributed by atoms with Gasteiger partial charge in [0.1, 0.15) is 9.88 Å². The van der Waals surface area contributed by atoms with Crippen LogP contribution in [-0.2, 0) is 4.79 Å². The molecule has 138 valence electrons. The van der Waals surface area contributed by atoms with Crippen molar-refractivity contribution in [2.45, 2.75) is 46.1 Å². The van der Waals surface area contributed by atoms with Crippen LogP contribution in [0.15, 0.2) is 30.3 Å². The zero-order valence-electron chi connectivity index (χ0n) is 15.4. The zero-order valence-corrected chi connectivity index (χ0v) is 16.3. The van der Waals surface area contributed by atoms with E-state index in [2.05, 4.69) is 36.3 Å². The van der Waals surface area contributed by atoms with Crippen molar-refractivity contribution in [3.63, 3.8) is 0 Å². The summed E-state index contributed by atoms with van der Waals surface area (Å²) >= 11 is 1.10. The van der Waals surface area contributed by atoms with E-state index in [4.69, 9.17) is 5.11 Å². The Hall–Kier alpha value is -2.47. The van der Waals surface area contributed by atoms with Crippen molar-refractivity contribution in [3.8, 4) is 0 Å². The van der Waals surface area contributed by atoms with Crippen LogP contribution in [0.2, 0.25) is 0 Å². The summed E-state index contributed by atoms with van der Waals surface area (Å²) in [6.07, 6.45) is 4.00. The molecule has 0 aliphatic heterocycles. The third-order valence-electron chi connectivity index (χ3n) is 3.97. The molecule has 1 heterocycles. The first-order valence-electron chi connectivity index (χ1n) is 8.54. The lowest BCUT2D eigenvalue weighted by atomic mass is 10.0. The number of carboxylic acids is 1. The predicted octanol–water partition coefficient (Wildman–Crippen LogP) is 4.55. The number of aromatic carboxylic acids is 1. The topological polar surface area (TPSA) is 79.3 Å². The molecule has 0 aliphatic carbocycles. The largest absolute Gasteiger partial charge is 0.477 e. The van der Waals surface area contributed by atoms with Crippen LogP contribution >= 0.6 is 11.3 Å². The quantitative estimate of drug-likeness (QED) is 0.747. The summed E-state index contributed by atoms with van der Waals surface area (Å²) in [6.45, 7) is 7.76. The Bertz CT molecular complexity index is 807. The first kappa shape index (κ1) is 19.8. The molecule has 0 saturated heterocycles. The van der Waals surface area contributed by atoms with E-state index in [-0.39, 0.29) is 23.2 Å². The average molecular weight is 372 g/mol. The molecule has 2 rings (SSSR count). The van der Waals surface area contributed by atoms with E-state index < -0.39 is 5.97 Å². The molecule has 6 heteroatoms. The number of carboxylic acid groups (broad SMARTS) is 1. The molecule has 0 radical (unpaired) electrons. The summed E-state index contributed by atoms with van der Waals surface area (Å²) in [5.74, 6) is -0.620.